The fraction of sp³-hybridized carbons (Fsp3) is 0.357. The van der Waals surface area contributed by atoms with E-state index in [2.05, 4.69) is 0 Å². The fourth-order valence-electron chi connectivity index (χ4n) is 1.45. The molecule has 0 spiro atoms. The lowest BCUT2D eigenvalue weighted by Gasteiger charge is -2.05. The molecule has 1 aliphatic rings. The Morgan fingerprint density at radius 1 is 1.47 bits per heavy atom. The summed E-state index contributed by atoms with van der Waals surface area (Å²) in [6.07, 6.45) is 3.05. The number of rotatable bonds is 4. The Morgan fingerprint density at radius 2 is 2.12 bits per heavy atom. The second-order valence-electron chi connectivity index (χ2n) is 4.16. The van der Waals surface area contributed by atoms with Gasteiger partial charge in [0.05, 0.1) is 12.7 Å². The summed E-state index contributed by atoms with van der Waals surface area (Å²) in [4.78, 5) is 11.5. The highest BCUT2D eigenvalue weighted by Gasteiger charge is 2.22. The van der Waals surface area contributed by atoms with Gasteiger partial charge in [0.25, 0.3) is 0 Å². The molecule has 3 heteroatoms. The van der Waals surface area contributed by atoms with Crippen LogP contribution in [0.1, 0.15) is 19.4 Å². The third-order valence-corrected chi connectivity index (χ3v) is 2.75. The maximum absolute atomic E-state index is 11.5. The first-order valence-corrected chi connectivity index (χ1v) is 5.74. The zero-order valence-electron chi connectivity index (χ0n) is 10.1. The van der Waals surface area contributed by atoms with Crippen molar-refractivity contribution in [3.8, 4) is 5.75 Å². The Labute approximate surface area is 101 Å². The summed E-state index contributed by atoms with van der Waals surface area (Å²) >= 11 is 0. The van der Waals surface area contributed by atoms with E-state index in [1.54, 1.807) is 13.0 Å². The molecule has 90 valence electrons. The third-order valence-electron chi connectivity index (χ3n) is 2.75. The molecule has 1 unspecified atom stereocenters. The fourth-order valence-corrected chi connectivity index (χ4v) is 1.45. The van der Waals surface area contributed by atoms with Crippen molar-refractivity contribution in [1.29, 1.82) is 0 Å². The molecule has 1 aromatic carbocycles. The molecule has 1 aromatic rings. The van der Waals surface area contributed by atoms with Crippen molar-refractivity contribution in [3.63, 3.8) is 0 Å². The van der Waals surface area contributed by atoms with Crippen molar-refractivity contribution in [3.05, 3.63) is 41.5 Å². The Hall–Kier alpha value is -1.61. The largest absolute Gasteiger partial charge is 0.423 e. The van der Waals surface area contributed by atoms with Crippen LogP contribution >= 0.6 is 0 Å². The summed E-state index contributed by atoms with van der Waals surface area (Å²) in [5.41, 5.74) is 1.82. The van der Waals surface area contributed by atoms with Gasteiger partial charge >= 0.3 is 5.97 Å². The van der Waals surface area contributed by atoms with Crippen LogP contribution in [-0.2, 0) is 16.0 Å². The van der Waals surface area contributed by atoms with Crippen molar-refractivity contribution < 1.29 is 14.3 Å². The van der Waals surface area contributed by atoms with Gasteiger partial charge in [-0.25, -0.2) is 4.79 Å². The first-order valence-electron chi connectivity index (χ1n) is 5.74. The van der Waals surface area contributed by atoms with Crippen molar-refractivity contribution in [2.24, 2.45) is 0 Å². The number of benzene rings is 1. The first-order chi connectivity index (χ1) is 8.19. The molecule has 0 N–H and O–H groups in total. The lowest BCUT2D eigenvalue weighted by molar-refractivity contribution is -0.130. The summed E-state index contributed by atoms with van der Waals surface area (Å²) in [5.74, 6) is 0.280. The maximum atomic E-state index is 11.5. The minimum Gasteiger partial charge on any atom is -0.423 e. The van der Waals surface area contributed by atoms with E-state index in [0.717, 1.165) is 13.0 Å². The minimum atomic E-state index is -0.300. The highest BCUT2D eigenvalue weighted by atomic mass is 16.6. The summed E-state index contributed by atoms with van der Waals surface area (Å²) < 4.78 is 10.4. The average Bonchev–Trinajstić information content (AvgIpc) is 3.14. The van der Waals surface area contributed by atoms with Crippen molar-refractivity contribution in [2.45, 2.75) is 26.4 Å². The molecule has 1 saturated heterocycles. The van der Waals surface area contributed by atoms with Gasteiger partial charge in [-0.2, -0.15) is 0 Å². The van der Waals surface area contributed by atoms with Gasteiger partial charge in [-0.3, -0.25) is 0 Å². The van der Waals surface area contributed by atoms with Crippen molar-refractivity contribution in [1.82, 2.24) is 0 Å². The predicted molar refractivity (Wildman–Crippen MR) is 65.0 cm³/mol. The molecule has 1 atom stereocenters. The second kappa shape index (κ2) is 5.15. The number of carbonyl (C=O) groups is 1. The Bertz CT molecular complexity index is 427. The van der Waals surface area contributed by atoms with E-state index in [4.69, 9.17) is 9.47 Å². The lowest BCUT2D eigenvalue weighted by Crippen LogP contribution is -2.08. The number of hydrogen-bond acceptors (Lipinski definition) is 3. The Morgan fingerprint density at radius 3 is 2.65 bits per heavy atom. The molecule has 2 rings (SSSR count). The maximum Gasteiger partial charge on any atom is 0.338 e. The van der Waals surface area contributed by atoms with Gasteiger partial charge in [0.1, 0.15) is 5.75 Å². The SMILES string of the molecule is CC=C(C)C(=O)Oc1ccc(CC2CO2)cc1. The molecule has 0 bridgehead atoms. The van der Waals surface area contributed by atoms with E-state index < -0.39 is 0 Å². The topological polar surface area (TPSA) is 38.8 Å². The van der Waals surface area contributed by atoms with E-state index in [0.29, 0.717) is 17.4 Å². The van der Waals surface area contributed by atoms with Gasteiger partial charge < -0.3 is 9.47 Å². The summed E-state index contributed by atoms with van der Waals surface area (Å²) in [6, 6.07) is 7.57. The predicted octanol–water partition coefficient (Wildman–Crippen LogP) is 2.50. The highest BCUT2D eigenvalue weighted by molar-refractivity contribution is 5.89. The summed E-state index contributed by atoms with van der Waals surface area (Å²) in [7, 11) is 0. The van der Waals surface area contributed by atoms with E-state index >= 15 is 0 Å². The smallest absolute Gasteiger partial charge is 0.338 e. The number of hydrogen-bond donors (Lipinski definition) is 0. The molecule has 1 fully saturated rings. The molecular weight excluding hydrogens is 216 g/mol. The van der Waals surface area contributed by atoms with E-state index in [1.807, 2.05) is 31.2 Å². The van der Waals surface area contributed by atoms with Crippen LogP contribution in [0.25, 0.3) is 0 Å². The number of epoxide rings is 1. The van der Waals surface area contributed by atoms with Gasteiger partial charge in [-0.15, -0.1) is 0 Å². The highest BCUT2D eigenvalue weighted by Crippen LogP contribution is 2.19. The molecule has 3 nitrogen and oxygen atoms in total. The molecule has 0 saturated carbocycles. The van der Waals surface area contributed by atoms with Gasteiger partial charge in [-0.1, -0.05) is 18.2 Å². The molecule has 0 amide bonds. The second-order valence-corrected chi connectivity index (χ2v) is 4.16. The quantitative estimate of drug-likeness (QED) is 0.346. The van der Waals surface area contributed by atoms with Gasteiger partial charge in [-0.05, 0) is 31.5 Å². The molecule has 0 radical (unpaired) electrons. The summed E-state index contributed by atoms with van der Waals surface area (Å²) in [5, 5.41) is 0. The number of esters is 1. The van der Waals surface area contributed by atoms with Crippen LogP contribution < -0.4 is 4.74 Å². The van der Waals surface area contributed by atoms with E-state index in [-0.39, 0.29) is 5.97 Å². The van der Waals surface area contributed by atoms with Crippen LogP contribution in [0.3, 0.4) is 0 Å². The monoisotopic (exact) mass is 232 g/mol. The zero-order chi connectivity index (χ0) is 12.3. The van der Waals surface area contributed by atoms with Gasteiger partial charge in [0.15, 0.2) is 0 Å². The van der Waals surface area contributed by atoms with E-state index in [9.17, 15) is 4.79 Å². The molecule has 0 aromatic heterocycles. The molecule has 1 heterocycles. The average molecular weight is 232 g/mol. The Kier molecular flexibility index (Phi) is 3.59. The van der Waals surface area contributed by atoms with Crippen molar-refractivity contribution in [2.75, 3.05) is 6.61 Å². The normalized spacial score (nSPS) is 18.9. The zero-order valence-corrected chi connectivity index (χ0v) is 10.1. The first kappa shape index (κ1) is 11.9. The third kappa shape index (κ3) is 3.43. The molecule has 0 aliphatic carbocycles. The summed E-state index contributed by atoms with van der Waals surface area (Å²) in [6.45, 7) is 4.41. The van der Waals surface area contributed by atoms with Gasteiger partial charge in [0.2, 0.25) is 0 Å². The Balaban J connectivity index is 1.95. The van der Waals surface area contributed by atoms with Crippen LogP contribution in [-0.4, -0.2) is 18.7 Å². The number of allylic oxidation sites excluding steroid dienone is 1. The van der Waals surface area contributed by atoms with Crippen LogP contribution in [0.2, 0.25) is 0 Å². The van der Waals surface area contributed by atoms with Crippen LogP contribution in [0.15, 0.2) is 35.9 Å². The van der Waals surface area contributed by atoms with Crippen molar-refractivity contribution >= 4 is 5.97 Å². The number of carbonyl (C=O) groups excluding carboxylic acids is 1. The van der Waals surface area contributed by atoms with Crippen LogP contribution in [0.4, 0.5) is 0 Å². The lowest BCUT2D eigenvalue weighted by atomic mass is 10.1. The van der Waals surface area contributed by atoms with Crippen LogP contribution in [0.5, 0.6) is 5.75 Å². The molecule has 17 heavy (non-hydrogen) atoms. The number of ether oxygens (including phenoxy) is 2. The van der Waals surface area contributed by atoms with Crippen LogP contribution in [0, 0.1) is 0 Å². The molecular formula is C14H16O3. The van der Waals surface area contributed by atoms with Gasteiger partial charge in [0, 0.05) is 12.0 Å². The molecule has 1 aliphatic heterocycles. The van der Waals surface area contributed by atoms with E-state index in [1.165, 1.54) is 5.56 Å². The standard InChI is InChI=1S/C14H16O3/c1-3-10(2)14(15)17-12-6-4-11(5-7-12)8-13-9-16-13/h3-7,13H,8-9H2,1-2H3. The minimum absolute atomic E-state index is 0.300.